The van der Waals surface area contributed by atoms with E-state index >= 15 is 0 Å². The molecule has 0 bridgehead atoms. The van der Waals surface area contributed by atoms with Gasteiger partial charge >= 0.3 is 0 Å². The first-order valence-electron chi connectivity index (χ1n) is 36.2. The van der Waals surface area contributed by atoms with Crippen molar-refractivity contribution in [3.05, 3.63) is 184 Å². The molecule has 0 N–H and O–H groups in total. The van der Waals surface area contributed by atoms with E-state index in [4.69, 9.17) is 0 Å². The molecule has 7 aromatic carbocycles. The topological polar surface area (TPSA) is 3.24 Å². The predicted octanol–water partition coefficient (Wildman–Crippen LogP) is 26.6. The molecule has 4 aliphatic carbocycles. The van der Waals surface area contributed by atoms with E-state index in [0.717, 1.165) is 12.8 Å². The van der Waals surface area contributed by atoms with Gasteiger partial charge < -0.3 is 4.90 Å². The molecule has 7 aromatic rings. The minimum Gasteiger partial charge on any atom is -0.310 e. The van der Waals surface area contributed by atoms with E-state index in [1.807, 2.05) is 0 Å². The molecule has 0 heterocycles. The Labute approximate surface area is 530 Å². The monoisotopic (exact) mass is 1160 g/mol. The molecule has 11 rings (SSSR count). The summed E-state index contributed by atoms with van der Waals surface area (Å²) in [6.07, 6.45) is 36.3. The van der Waals surface area contributed by atoms with Crippen LogP contribution in [0.2, 0.25) is 0 Å². The van der Waals surface area contributed by atoms with Crippen molar-refractivity contribution in [1.29, 1.82) is 0 Å². The molecule has 4 aliphatic rings. The standard InChI is InChI=1S/C86H111N/c1-11-19-23-31-51-85(52-32-24-20-12-2)77-58-64(63-39-45-70-72-47-41-65(82(9,15-5)16-6)59-78(72)84(76(70)57-63)55-35-28-36-56-84)40-46-71(77)74-49-43-68(61-80(74)85)87(67-37-29-27-30-38-67)69-44-50-75-73-48-42-66(83(10,17-7)18-8)60-79(73)86(81(75)62-69,53-33-25-21-13-3)54-34-26-22-14-4/h27,29-30,37-50,57-62H,11-26,28,31-36,51-56H2,1-10H3. The second kappa shape index (κ2) is 27.2. The Kier molecular flexibility index (Phi) is 19.7. The van der Waals surface area contributed by atoms with E-state index in [-0.39, 0.29) is 27.1 Å². The van der Waals surface area contributed by atoms with Crippen LogP contribution in [0.1, 0.15) is 300 Å². The molecule has 1 heteroatoms. The van der Waals surface area contributed by atoms with Crippen LogP contribution in [0, 0.1) is 0 Å². The van der Waals surface area contributed by atoms with Gasteiger partial charge in [0.05, 0.1) is 0 Å². The number of fused-ring (bicyclic) bond motifs is 11. The summed E-state index contributed by atoms with van der Waals surface area (Å²) in [6, 6.07) is 57.9. The molecule has 0 unspecified atom stereocenters. The lowest BCUT2D eigenvalue weighted by Gasteiger charge is -2.37. The fourth-order valence-corrected chi connectivity index (χ4v) is 17.6. The van der Waals surface area contributed by atoms with Crippen molar-refractivity contribution >= 4 is 17.1 Å². The lowest BCUT2D eigenvalue weighted by molar-refractivity contribution is 0.351. The predicted molar refractivity (Wildman–Crippen MR) is 379 cm³/mol. The molecule has 1 saturated carbocycles. The van der Waals surface area contributed by atoms with Gasteiger partial charge in [0, 0.05) is 33.3 Å². The highest BCUT2D eigenvalue weighted by molar-refractivity contribution is 5.91. The quantitative estimate of drug-likeness (QED) is 0.0406. The maximum absolute atomic E-state index is 2.72. The number of hydrogen-bond donors (Lipinski definition) is 0. The van der Waals surface area contributed by atoms with Crippen molar-refractivity contribution in [1.82, 2.24) is 0 Å². The van der Waals surface area contributed by atoms with Crippen molar-refractivity contribution in [2.75, 3.05) is 4.90 Å². The van der Waals surface area contributed by atoms with Crippen LogP contribution in [0.3, 0.4) is 0 Å². The Hall–Kier alpha value is -5.66. The third kappa shape index (κ3) is 11.6. The summed E-state index contributed by atoms with van der Waals surface area (Å²) in [6.45, 7) is 24.1. The fraction of sp³-hybridized carbons (Fsp3) is 0.512. The van der Waals surface area contributed by atoms with Gasteiger partial charge in [0.25, 0.3) is 0 Å². The van der Waals surface area contributed by atoms with Crippen molar-refractivity contribution in [2.45, 2.75) is 283 Å². The van der Waals surface area contributed by atoms with Gasteiger partial charge in [0.2, 0.25) is 0 Å². The Balaban J connectivity index is 1.05. The summed E-state index contributed by atoms with van der Waals surface area (Å²) in [5, 5.41) is 0. The first kappa shape index (κ1) is 62.9. The summed E-state index contributed by atoms with van der Waals surface area (Å²) in [7, 11) is 0. The number of anilines is 3. The maximum atomic E-state index is 2.72. The van der Waals surface area contributed by atoms with E-state index in [0.29, 0.717) is 0 Å². The maximum Gasteiger partial charge on any atom is 0.0465 e. The van der Waals surface area contributed by atoms with E-state index < -0.39 is 0 Å². The lowest BCUT2D eigenvalue weighted by atomic mass is 9.66. The Morgan fingerprint density at radius 2 is 0.667 bits per heavy atom. The zero-order valence-electron chi connectivity index (χ0n) is 56.2. The van der Waals surface area contributed by atoms with E-state index in [1.54, 1.807) is 33.4 Å². The smallest absolute Gasteiger partial charge is 0.0465 e. The highest BCUT2D eigenvalue weighted by Gasteiger charge is 2.47. The molecule has 1 spiro atoms. The van der Waals surface area contributed by atoms with Gasteiger partial charge in [-0.15, -0.1) is 0 Å². The van der Waals surface area contributed by atoms with Crippen LogP contribution in [0.5, 0.6) is 0 Å². The van der Waals surface area contributed by atoms with Crippen LogP contribution in [-0.4, -0.2) is 0 Å². The van der Waals surface area contributed by atoms with Gasteiger partial charge in [-0.25, -0.2) is 0 Å². The fourth-order valence-electron chi connectivity index (χ4n) is 17.6. The molecular weight excluding hydrogens is 1050 g/mol. The molecular formula is C86H111N. The number of para-hydroxylation sites is 1. The highest BCUT2D eigenvalue weighted by atomic mass is 15.1. The molecule has 0 aliphatic heterocycles. The second-order valence-corrected chi connectivity index (χ2v) is 28.8. The average Bonchev–Trinajstić information content (AvgIpc) is 1.60. The third-order valence-corrected chi connectivity index (χ3v) is 24.0. The van der Waals surface area contributed by atoms with Gasteiger partial charge in [0.1, 0.15) is 0 Å². The summed E-state index contributed by atoms with van der Waals surface area (Å²) in [4.78, 5) is 2.66. The molecule has 1 fully saturated rings. The molecule has 0 radical (unpaired) electrons. The van der Waals surface area contributed by atoms with E-state index in [2.05, 4.69) is 214 Å². The minimum atomic E-state index is -0.0887. The summed E-state index contributed by atoms with van der Waals surface area (Å²) in [5.74, 6) is 0. The number of rotatable bonds is 30. The third-order valence-electron chi connectivity index (χ3n) is 24.0. The van der Waals surface area contributed by atoms with Gasteiger partial charge in [-0.1, -0.05) is 282 Å². The number of unbranched alkanes of at least 4 members (excludes halogenated alkanes) is 12. The largest absolute Gasteiger partial charge is 0.310 e. The molecule has 460 valence electrons. The summed E-state index contributed by atoms with van der Waals surface area (Å²) in [5.41, 5.74) is 28.4. The highest BCUT2D eigenvalue weighted by Crippen LogP contribution is 2.61. The Bertz CT molecular complexity index is 3420. The van der Waals surface area contributed by atoms with Crippen molar-refractivity contribution in [3.63, 3.8) is 0 Å². The van der Waals surface area contributed by atoms with Crippen molar-refractivity contribution in [2.24, 2.45) is 0 Å². The van der Waals surface area contributed by atoms with Crippen LogP contribution < -0.4 is 4.90 Å². The van der Waals surface area contributed by atoms with Crippen LogP contribution in [-0.2, 0) is 27.1 Å². The zero-order chi connectivity index (χ0) is 60.8. The van der Waals surface area contributed by atoms with E-state index in [1.165, 1.54) is 246 Å². The van der Waals surface area contributed by atoms with Gasteiger partial charge in [0.15, 0.2) is 0 Å². The van der Waals surface area contributed by atoms with E-state index in [9.17, 15) is 0 Å². The van der Waals surface area contributed by atoms with Crippen LogP contribution in [0.4, 0.5) is 17.1 Å². The molecule has 87 heavy (non-hydrogen) atoms. The SMILES string of the molecule is CCCCCCC1(CCCCCC)c2cc(-c3ccc4c(c3)C3(CCCCC3)c3cc(C(C)(CC)CC)ccc3-4)ccc2-c2ccc(N(c3ccccc3)c3ccc4c(c3)C(CCCCCC)(CCCCCC)c3cc(C(C)(CC)CC)ccc3-4)cc21. The molecule has 0 atom stereocenters. The van der Waals surface area contributed by atoms with Crippen LogP contribution >= 0.6 is 0 Å². The Morgan fingerprint density at radius 3 is 1.08 bits per heavy atom. The number of benzene rings is 7. The lowest BCUT2D eigenvalue weighted by Crippen LogP contribution is -2.29. The molecule has 0 aromatic heterocycles. The van der Waals surface area contributed by atoms with Crippen LogP contribution in [0.15, 0.2) is 140 Å². The summed E-state index contributed by atoms with van der Waals surface area (Å²) >= 11 is 0. The van der Waals surface area contributed by atoms with Gasteiger partial charge in [-0.3, -0.25) is 0 Å². The molecule has 1 nitrogen and oxygen atoms in total. The zero-order valence-corrected chi connectivity index (χ0v) is 56.2. The van der Waals surface area contributed by atoms with Crippen molar-refractivity contribution in [3.8, 4) is 44.5 Å². The minimum absolute atomic E-state index is 0.0267. The molecule has 0 amide bonds. The normalized spacial score (nSPS) is 15.7. The number of hydrogen-bond acceptors (Lipinski definition) is 1. The second-order valence-electron chi connectivity index (χ2n) is 28.8. The average molecular weight is 1160 g/mol. The van der Waals surface area contributed by atoms with Gasteiger partial charge in [-0.05, 0) is 213 Å². The first-order chi connectivity index (χ1) is 42.4. The molecule has 0 saturated heterocycles. The Morgan fingerprint density at radius 1 is 0.322 bits per heavy atom. The first-order valence-corrected chi connectivity index (χ1v) is 36.2. The van der Waals surface area contributed by atoms with Gasteiger partial charge in [-0.2, -0.15) is 0 Å². The number of nitrogens with zero attached hydrogens (tertiary/aromatic N) is 1. The summed E-state index contributed by atoms with van der Waals surface area (Å²) < 4.78 is 0. The van der Waals surface area contributed by atoms with Crippen LogP contribution in [0.25, 0.3) is 44.5 Å². The van der Waals surface area contributed by atoms with Crippen molar-refractivity contribution < 1.29 is 0 Å².